The maximum absolute atomic E-state index is 13.9. The number of primary amides is 1. The number of aliphatic hydroxyl groups excluding tert-OH is 1. The molecule has 0 spiro atoms. The van der Waals surface area contributed by atoms with Crippen molar-refractivity contribution < 1.29 is 23.8 Å². The van der Waals surface area contributed by atoms with E-state index in [2.05, 4.69) is 4.90 Å². The number of alkyl halides is 1. The Morgan fingerprint density at radius 3 is 2.19 bits per heavy atom. The number of carbonyl (C=O) groups is 2. The molecule has 2 aromatic rings. The number of halogens is 1. The molecular formula is C28H36FN3O4. The van der Waals surface area contributed by atoms with E-state index in [1.54, 1.807) is 26.0 Å². The van der Waals surface area contributed by atoms with Crippen molar-refractivity contribution in [1.82, 2.24) is 9.80 Å². The maximum atomic E-state index is 13.9. The van der Waals surface area contributed by atoms with Crippen molar-refractivity contribution in [3.63, 3.8) is 0 Å². The standard InChI is InChI=1S/C28H36FN3O4/c1-28(2,29)18-31-13-11-19(12-14-31)17-36-24-9-7-21(8-10-24)20-3-5-22(6-4-20)27(35)32-16-23(33)15-25(32)26(30)34/h3-10,19,23,25,33H,11-18H2,1-2H3,(H2,30,34)/t23-,25+/m1/s1. The lowest BCUT2D eigenvalue weighted by Crippen LogP contribution is -2.43. The second-order valence-electron chi connectivity index (χ2n) is 10.6. The molecule has 7 nitrogen and oxygen atoms in total. The van der Waals surface area contributed by atoms with E-state index < -0.39 is 23.7 Å². The zero-order valence-corrected chi connectivity index (χ0v) is 21.0. The summed E-state index contributed by atoms with van der Waals surface area (Å²) in [5, 5.41) is 9.86. The van der Waals surface area contributed by atoms with E-state index in [0.717, 1.165) is 42.8 Å². The predicted molar refractivity (Wildman–Crippen MR) is 136 cm³/mol. The van der Waals surface area contributed by atoms with Gasteiger partial charge in [-0.15, -0.1) is 0 Å². The van der Waals surface area contributed by atoms with Crippen molar-refractivity contribution >= 4 is 11.8 Å². The summed E-state index contributed by atoms with van der Waals surface area (Å²) in [4.78, 5) is 28.0. The molecule has 2 amide bonds. The first kappa shape index (κ1) is 26.1. The fraction of sp³-hybridized carbons (Fsp3) is 0.500. The lowest BCUT2D eigenvalue weighted by atomic mass is 9.97. The summed E-state index contributed by atoms with van der Waals surface area (Å²) < 4.78 is 19.9. The van der Waals surface area contributed by atoms with Crippen LogP contribution in [0.2, 0.25) is 0 Å². The minimum Gasteiger partial charge on any atom is -0.493 e. The van der Waals surface area contributed by atoms with Gasteiger partial charge in [0.25, 0.3) is 5.91 Å². The number of amides is 2. The van der Waals surface area contributed by atoms with Gasteiger partial charge in [0.1, 0.15) is 17.5 Å². The van der Waals surface area contributed by atoms with Crippen LogP contribution >= 0.6 is 0 Å². The Bertz CT molecular complexity index is 1040. The first-order chi connectivity index (χ1) is 17.1. The summed E-state index contributed by atoms with van der Waals surface area (Å²) >= 11 is 0. The van der Waals surface area contributed by atoms with Gasteiger partial charge in [0, 0.05) is 25.1 Å². The predicted octanol–water partition coefficient (Wildman–Crippen LogP) is 3.25. The molecule has 4 rings (SSSR count). The first-order valence-corrected chi connectivity index (χ1v) is 12.6. The van der Waals surface area contributed by atoms with Crippen molar-refractivity contribution in [2.24, 2.45) is 11.7 Å². The monoisotopic (exact) mass is 497 g/mol. The molecule has 36 heavy (non-hydrogen) atoms. The fourth-order valence-corrected chi connectivity index (χ4v) is 5.08. The minimum absolute atomic E-state index is 0.102. The van der Waals surface area contributed by atoms with Gasteiger partial charge in [-0.25, -0.2) is 4.39 Å². The number of hydrogen-bond acceptors (Lipinski definition) is 5. The number of carbonyl (C=O) groups excluding carboxylic acids is 2. The molecule has 8 heteroatoms. The number of rotatable bonds is 8. The smallest absolute Gasteiger partial charge is 0.254 e. The molecule has 194 valence electrons. The Labute approximate surface area is 212 Å². The highest BCUT2D eigenvalue weighted by Crippen LogP contribution is 2.26. The normalized spacial score (nSPS) is 21.5. The van der Waals surface area contributed by atoms with Crippen LogP contribution in [0.25, 0.3) is 11.1 Å². The molecule has 0 saturated carbocycles. The number of β-amino-alcohol motifs (C(OH)–C–C–N with tert-alkyl or cyclic N) is 1. The van der Waals surface area contributed by atoms with Crippen molar-refractivity contribution in [3.05, 3.63) is 54.1 Å². The van der Waals surface area contributed by atoms with Crippen LogP contribution < -0.4 is 10.5 Å². The topological polar surface area (TPSA) is 96.1 Å². The molecule has 0 aliphatic carbocycles. The molecule has 0 aromatic heterocycles. The highest BCUT2D eigenvalue weighted by Gasteiger charge is 2.38. The van der Waals surface area contributed by atoms with Crippen LogP contribution in [0.15, 0.2) is 48.5 Å². The number of hydrogen-bond donors (Lipinski definition) is 2. The summed E-state index contributed by atoms with van der Waals surface area (Å²) in [6.45, 7) is 6.29. The summed E-state index contributed by atoms with van der Waals surface area (Å²) in [6, 6.07) is 14.2. The van der Waals surface area contributed by atoms with E-state index in [-0.39, 0.29) is 18.9 Å². The van der Waals surface area contributed by atoms with Gasteiger partial charge >= 0.3 is 0 Å². The third-order valence-electron chi connectivity index (χ3n) is 6.98. The zero-order valence-electron chi connectivity index (χ0n) is 21.0. The number of nitrogens with two attached hydrogens (primary N) is 1. The third-order valence-corrected chi connectivity index (χ3v) is 6.98. The molecule has 2 heterocycles. The molecule has 2 fully saturated rings. The second-order valence-corrected chi connectivity index (χ2v) is 10.6. The van der Waals surface area contributed by atoms with E-state index in [1.165, 1.54) is 4.90 Å². The highest BCUT2D eigenvalue weighted by molar-refractivity contribution is 5.98. The van der Waals surface area contributed by atoms with Gasteiger partial charge in [-0.3, -0.25) is 9.59 Å². The Balaban J connectivity index is 1.29. The van der Waals surface area contributed by atoms with Crippen LogP contribution in [0.3, 0.4) is 0 Å². The lowest BCUT2D eigenvalue weighted by molar-refractivity contribution is -0.121. The van der Waals surface area contributed by atoms with Crippen LogP contribution in [0.4, 0.5) is 4.39 Å². The maximum Gasteiger partial charge on any atom is 0.254 e. The van der Waals surface area contributed by atoms with Gasteiger partial charge in [0.2, 0.25) is 5.91 Å². The largest absolute Gasteiger partial charge is 0.493 e. The number of aliphatic hydroxyl groups is 1. The van der Waals surface area contributed by atoms with Crippen molar-refractivity contribution in [1.29, 1.82) is 0 Å². The van der Waals surface area contributed by atoms with E-state index in [9.17, 15) is 19.1 Å². The Morgan fingerprint density at radius 1 is 1.06 bits per heavy atom. The van der Waals surface area contributed by atoms with E-state index in [4.69, 9.17) is 10.5 Å². The quantitative estimate of drug-likeness (QED) is 0.584. The van der Waals surface area contributed by atoms with Crippen molar-refractivity contribution in [2.45, 2.75) is 50.9 Å². The summed E-state index contributed by atoms with van der Waals surface area (Å²) in [6.07, 6.45) is 1.45. The summed E-state index contributed by atoms with van der Waals surface area (Å²) in [5.41, 5.74) is 6.63. The summed E-state index contributed by atoms with van der Waals surface area (Å²) in [5.74, 6) is 0.359. The van der Waals surface area contributed by atoms with Crippen LogP contribution in [-0.2, 0) is 4.79 Å². The molecule has 0 radical (unpaired) electrons. The highest BCUT2D eigenvalue weighted by atomic mass is 19.1. The molecule has 0 bridgehead atoms. The van der Waals surface area contributed by atoms with Crippen LogP contribution in [-0.4, -0.2) is 77.3 Å². The molecular weight excluding hydrogens is 461 g/mol. The second kappa shape index (κ2) is 11.0. The molecule has 3 N–H and O–H groups in total. The number of ether oxygens (including phenoxy) is 1. The molecule has 2 atom stereocenters. The molecule has 2 aromatic carbocycles. The number of benzene rings is 2. The Morgan fingerprint density at radius 2 is 1.64 bits per heavy atom. The number of nitrogens with zero attached hydrogens (tertiary/aromatic N) is 2. The fourth-order valence-electron chi connectivity index (χ4n) is 5.08. The summed E-state index contributed by atoms with van der Waals surface area (Å²) in [7, 11) is 0. The first-order valence-electron chi connectivity index (χ1n) is 12.6. The van der Waals surface area contributed by atoms with Gasteiger partial charge in [0.05, 0.1) is 12.7 Å². The van der Waals surface area contributed by atoms with Gasteiger partial charge in [-0.05, 0) is 81.1 Å². The van der Waals surface area contributed by atoms with E-state index >= 15 is 0 Å². The van der Waals surface area contributed by atoms with Gasteiger partial charge in [-0.2, -0.15) is 0 Å². The SMILES string of the molecule is CC(C)(F)CN1CCC(COc2ccc(-c3ccc(C(=O)N4C[C@H](O)C[C@H]4C(N)=O)cc3)cc2)CC1. The average molecular weight is 498 g/mol. The molecule has 2 saturated heterocycles. The molecule has 2 aliphatic heterocycles. The van der Waals surface area contributed by atoms with E-state index in [0.29, 0.717) is 24.6 Å². The zero-order chi connectivity index (χ0) is 25.9. The van der Waals surface area contributed by atoms with Crippen molar-refractivity contribution in [3.8, 4) is 16.9 Å². The Kier molecular flexibility index (Phi) is 7.95. The third kappa shape index (κ3) is 6.62. The van der Waals surface area contributed by atoms with Gasteiger partial charge < -0.3 is 25.4 Å². The lowest BCUT2D eigenvalue weighted by Gasteiger charge is -2.34. The Hall–Kier alpha value is -2.97. The van der Waals surface area contributed by atoms with Gasteiger partial charge in [0.15, 0.2) is 0 Å². The minimum atomic E-state index is -1.16. The van der Waals surface area contributed by atoms with Crippen LogP contribution in [0, 0.1) is 5.92 Å². The van der Waals surface area contributed by atoms with E-state index in [1.807, 2.05) is 36.4 Å². The van der Waals surface area contributed by atoms with Crippen LogP contribution in [0.5, 0.6) is 5.75 Å². The number of likely N-dealkylation sites (tertiary alicyclic amines) is 2. The molecule has 0 unspecified atom stereocenters. The average Bonchev–Trinajstić information content (AvgIpc) is 3.25. The number of piperidine rings is 1. The van der Waals surface area contributed by atoms with Gasteiger partial charge in [-0.1, -0.05) is 24.3 Å². The molecule has 2 aliphatic rings. The van der Waals surface area contributed by atoms with Crippen LogP contribution in [0.1, 0.15) is 43.5 Å². The van der Waals surface area contributed by atoms with Crippen molar-refractivity contribution in [2.75, 3.05) is 32.8 Å².